The van der Waals surface area contributed by atoms with Gasteiger partial charge in [0.2, 0.25) is 10.0 Å². The molecule has 0 aromatic heterocycles. The Hall–Kier alpha value is -2.01. The molecule has 0 radical (unpaired) electrons. The van der Waals surface area contributed by atoms with E-state index in [2.05, 4.69) is 16.6 Å². The lowest BCUT2D eigenvalue weighted by molar-refractivity contribution is -0.137. The van der Waals surface area contributed by atoms with Crippen LogP contribution >= 0.6 is 11.6 Å². The highest BCUT2D eigenvalue weighted by Crippen LogP contribution is 2.31. The van der Waals surface area contributed by atoms with Gasteiger partial charge in [-0.3, -0.25) is 0 Å². The summed E-state index contributed by atoms with van der Waals surface area (Å²) in [5.41, 5.74) is -0.698. The molecule has 0 aliphatic heterocycles. The Bertz CT molecular complexity index is 944. The van der Waals surface area contributed by atoms with Crippen molar-refractivity contribution >= 4 is 21.6 Å². The number of halogens is 4. The molecule has 3 nitrogen and oxygen atoms in total. The van der Waals surface area contributed by atoms with Crippen LogP contribution in [0.2, 0.25) is 5.02 Å². The van der Waals surface area contributed by atoms with Gasteiger partial charge < -0.3 is 0 Å². The smallest absolute Gasteiger partial charge is 0.207 e. The summed E-state index contributed by atoms with van der Waals surface area (Å²) >= 11 is 5.89. The normalized spacial score (nSPS) is 11.7. The molecule has 0 atom stereocenters. The lowest BCUT2D eigenvalue weighted by Gasteiger charge is -2.09. The number of hydrogen-bond donors (Lipinski definition) is 1. The van der Waals surface area contributed by atoms with E-state index in [4.69, 9.17) is 11.6 Å². The first kappa shape index (κ1) is 19.3. The summed E-state index contributed by atoms with van der Waals surface area (Å²) in [6.07, 6.45) is -4.53. The zero-order valence-corrected chi connectivity index (χ0v) is 14.6. The van der Waals surface area contributed by atoms with E-state index in [1.54, 1.807) is 13.0 Å². The van der Waals surface area contributed by atoms with Gasteiger partial charge in [-0.05, 0) is 36.8 Å². The molecule has 25 heavy (non-hydrogen) atoms. The van der Waals surface area contributed by atoms with Crippen LogP contribution in [0, 0.1) is 18.8 Å². The van der Waals surface area contributed by atoms with Crippen LogP contribution in [-0.2, 0) is 16.2 Å². The number of alkyl halides is 3. The summed E-state index contributed by atoms with van der Waals surface area (Å²) in [7, 11) is -3.87. The van der Waals surface area contributed by atoms with Crippen molar-refractivity contribution in [2.45, 2.75) is 18.0 Å². The molecule has 2 aromatic rings. The van der Waals surface area contributed by atoms with E-state index in [1.807, 2.05) is 0 Å². The average Bonchev–Trinajstić information content (AvgIpc) is 2.53. The van der Waals surface area contributed by atoms with Crippen molar-refractivity contribution in [1.29, 1.82) is 0 Å². The van der Waals surface area contributed by atoms with Crippen molar-refractivity contribution in [1.82, 2.24) is 4.72 Å². The molecule has 132 valence electrons. The summed E-state index contributed by atoms with van der Waals surface area (Å²) in [6.45, 7) is 1.22. The highest BCUT2D eigenvalue weighted by atomic mass is 35.5. The Morgan fingerprint density at radius 3 is 2.48 bits per heavy atom. The maximum Gasteiger partial charge on any atom is 0.417 e. The van der Waals surface area contributed by atoms with E-state index in [9.17, 15) is 21.6 Å². The van der Waals surface area contributed by atoms with Gasteiger partial charge in [-0.2, -0.15) is 17.9 Å². The average molecular weight is 388 g/mol. The molecule has 0 fully saturated rings. The summed E-state index contributed by atoms with van der Waals surface area (Å²) in [4.78, 5) is -0.00232. The number of rotatable bonds is 3. The third-order valence-electron chi connectivity index (χ3n) is 3.31. The molecular formula is C17H13ClF3NO2S. The van der Waals surface area contributed by atoms with Crippen LogP contribution in [0.1, 0.15) is 16.7 Å². The second kappa shape index (κ2) is 7.48. The van der Waals surface area contributed by atoms with Crippen LogP contribution in [0.3, 0.4) is 0 Å². The minimum atomic E-state index is -4.53. The Balaban J connectivity index is 2.17. The zero-order valence-electron chi connectivity index (χ0n) is 13.0. The molecule has 0 unspecified atom stereocenters. The van der Waals surface area contributed by atoms with Gasteiger partial charge in [-0.1, -0.05) is 41.6 Å². The van der Waals surface area contributed by atoms with Gasteiger partial charge in [0.15, 0.2) is 0 Å². The van der Waals surface area contributed by atoms with Gasteiger partial charge in [0.25, 0.3) is 0 Å². The summed E-state index contributed by atoms with van der Waals surface area (Å²) in [6, 6.07) is 9.28. The molecule has 0 aliphatic rings. The SMILES string of the molecule is Cc1c(Cl)cccc1S(=O)(=O)NCC#Cc1ccccc1C(F)(F)F. The number of hydrogen-bond acceptors (Lipinski definition) is 2. The lowest BCUT2D eigenvalue weighted by atomic mass is 10.1. The predicted octanol–water partition coefficient (Wildman–Crippen LogP) is 4.00. The topological polar surface area (TPSA) is 46.2 Å². The number of benzene rings is 2. The second-order valence-corrected chi connectivity index (χ2v) is 7.18. The maximum absolute atomic E-state index is 12.9. The van der Waals surface area contributed by atoms with Crippen molar-refractivity contribution in [3.8, 4) is 11.8 Å². The fourth-order valence-corrected chi connectivity index (χ4v) is 3.49. The van der Waals surface area contributed by atoms with Crippen molar-refractivity contribution in [2.75, 3.05) is 6.54 Å². The molecule has 1 N–H and O–H groups in total. The standard InChI is InChI=1S/C17H13ClF3NO2S/c1-12-15(18)9-4-10-16(12)25(23,24)22-11-5-7-13-6-2-3-8-14(13)17(19,20)21/h2-4,6,8-10,22H,11H2,1H3. The van der Waals surface area contributed by atoms with Crippen LogP contribution in [0.15, 0.2) is 47.4 Å². The molecule has 0 saturated carbocycles. The zero-order chi connectivity index (χ0) is 18.7. The van der Waals surface area contributed by atoms with Crippen LogP contribution in [0.25, 0.3) is 0 Å². The summed E-state index contributed by atoms with van der Waals surface area (Å²) in [5.74, 6) is 4.75. The van der Waals surface area contributed by atoms with Crippen molar-refractivity contribution in [3.05, 3.63) is 64.2 Å². The van der Waals surface area contributed by atoms with E-state index >= 15 is 0 Å². The van der Waals surface area contributed by atoms with Gasteiger partial charge in [-0.15, -0.1) is 0 Å². The van der Waals surface area contributed by atoms with Crippen LogP contribution in [0.4, 0.5) is 13.2 Å². The Kier molecular flexibility index (Phi) is 5.78. The van der Waals surface area contributed by atoms with Crippen molar-refractivity contribution in [3.63, 3.8) is 0 Å². The quantitative estimate of drug-likeness (QED) is 0.809. The molecule has 2 aromatic carbocycles. The van der Waals surface area contributed by atoms with E-state index in [0.717, 1.165) is 6.07 Å². The largest absolute Gasteiger partial charge is 0.417 e. The molecule has 0 bridgehead atoms. The summed E-state index contributed by atoms with van der Waals surface area (Å²) in [5, 5.41) is 0.299. The van der Waals surface area contributed by atoms with Gasteiger partial charge in [-0.25, -0.2) is 8.42 Å². The third-order valence-corrected chi connectivity index (χ3v) is 5.27. The Labute approximate surface area is 148 Å². The van der Waals surface area contributed by atoms with E-state index in [1.165, 1.54) is 30.3 Å². The van der Waals surface area contributed by atoms with Crippen LogP contribution in [0.5, 0.6) is 0 Å². The lowest BCUT2D eigenvalue weighted by Crippen LogP contribution is -2.24. The van der Waals surface area contributed by atoms with E-state index in [0.29, 0.717) is 10.6 Å². The highest BCUT2D eigenvalue weighted by molar-refractivity contribution is 7.89. The minimum absolute atomic E-state index is 0.00232. The molecule has 8 heteroatoms. The van der Waals surface area contributed by atoms with Crippen LogP contribution in [-0.4, -0.2) is 15.0 Å². The third kappa shape index (κ3) is 4.75. The number of sulfonamides is 1. The second-order valence-electron chi connectivity index (χ2n) is 5.03. The molecule has 0 amide bonds. The minimum Gasteiger partial charge on any atom is -0.207 e. The van der Waals surface area contributed by atoms with Gasteiger partial charge in [0.05, 0.1) is 17.0 Å². The Morgan fingerprint density at radius 2 is 1.80 bits per heavy atom. The first-order chi connectivity index (χ1) is 11.6. The first-order valence-electron chi connectivity index (χ1n) is 7.03. The molecular weight excluding hydrogens is 375 g/mol. The summed E-state index contributed by atoms with van der Waals surface area (Å²) < 4.78 is 65.3. The molecule has 0 aliphatic carbocycles. The van der Waals surface area contributed by atoms with Gasteiger partial charge >= 0.3 is 6.18 Å². The fraction of sp³-hybridized carbons (Fsp3) is 0.176. The Morgan fingerprint density at radius 1 is 1.12 bits per heavy atom. The van der Waals surface area contributed by atoms with Gasteiger partial charge in [0, 0.05) is 10.6 Å². The first-order valence-corrected chi connectivity index (χ1v) is 8.89. The molecule has 0 heterocycles. The monoisotopic (exact) mass is 387 g/mol. The highest BCUT2D eigenvalue weighted by Gasteiger charge is 2.32. The molecule has 2 rings (SSSR count). The van der Waals surface area contributed by atoms with E-state index < -0.39 is 21.8 Å². The predicted molar refractivity (Wildman–Crippen MR) is 89.7 cm³/mol. The van der Waals surface area contributed by atoms with Gasteiger partial charge in [0.1, 0.15) is 0 Å². The molecule has 0 saturated heterocycles. The van der Waals surface area contributed by atoms with Crippen molar-refractivity contribution < 1.29 is 21.6 Å². The van der Waals surface area contributed by atoms with Crippen molar-refractivity contribution in [2.24, 2.45) is 0 Å². The van der Waals surface area contributed by atoms with E-state index in [-0.39, 0.29) is 17.0 Å². The molecule has 0 spiro atoms. The maximum atomic E-state index is 12.9. The van der Waals surface area contributed by atoms with Crippen LogP contribution < -0.4 is 4.72 Å². The fourth-order valence-electron chi connectivity index (χ4n) is 2.07. The number of nitrogens with one attached hydrogen (secondary N) is 1.